The van der Waals surface area contributed by atoms with Crippen LogP contribution < -0.4 is 5.32 Å². The number of hydrogen-bond donors (Lipinski definition) is 2. The Morgan fingerprint density at radius 2 is 2.31 bits per heavy atom. The van der Waals surface area contributed by atoms with Crippen LogP contribution in [0.25, 0.3) is 11.0 Å². The van der Waals surface area contributed by atoms with Crippen LogP contribution in [0.5, 0.6) is 0 Å². The predicted molar refractivity (Wildman–Crippen MR) is 63.5 cm³/mol. The molecule has 84 valence electrons. The van der Waals surface area contributed by atoms with Crippen molar-refractivity contribution in [2.75, 3.05) is 11.9 Å². The van der Waals surface area contributed by atoms with Gasteiger partial charge in [-0.15, -0.1) is 0 Å². The SMILES string of the molecule is CC1OCCC1Nc1nc2ccccc2[nH]1. The fraction of sp³-hybridized carbons (Fsp3) is 0.417. The number of rotatable bonds is 2. The third kappa shape index (κ3) is 1.65. The van der Waals surface area contributed by atoms with Gasteiger partial charge in [0.05, 0.1) is 23.2 Å². The first-order chi connectivity index (χ1) is 7.83. The van der Waals surface area contributed by atoms with E-state index in [0.717, 1.165) is 30.0 Å². The van der Waals surface area contributed by atoms with Crippen molar-refractivity contribution >= 4 is 17.0 Å². The number of nitrogens with one attached hydrogen (secondary N) is 2. The molecule has 2 heterocycles. The molecule has 0 aliphatic carbocycles. The molecule has 4 heteroatoms. The maximum Gasteiger partial charge on any atom is 0.201 e. The summed E-state index contributed by atoms with van der Waals surface area (Å²) in [5.74, 6) is 0.837. The highest BCUT2D eigenvalue weighted by molar-refractivity contribution is 5.77. The van der Waals surface area contributed by atoms with Gasteiger partial charge in [0.25, 0.3) is 0 Å². The molecule has 0 spiro atoms. The summed E-state index contributed by atoms with van der Waals surface area (Å²) in [4.78, 5) is 7.75. The highest BCUT2D eigenvalue weighted by atomic mass is 16.5. The quantitative estimate of drug-likeness (QED) is 0.810. The van der Waals surface area contributed by atoms with E-state index in [-0.39, 0.29) is 6.10 Å². The number of aromatic nitrogens is 2. The third-order valence-electron chi connectivity index (χ3n) is 3.09. The van der Waals surface area contributed by atoms with E-state index in [9.17, 15) is 0 Å². The van der Waals surface area contributed by atoms with Crippen molar-refractivity contribution in [2.24, 2.45) is 0 Å². The summed E-state index contributed by atoms with van der Waals surface area (Å²) in [6.45, 7) is 2.92. The van der Waals surface area contributed by atoms with Crippen molar-refractivity contribution < 1.29 is 4.74 Å². The van der Waals surface area contributed by atoms with Crippen LogP contribution in [0.1, 0.15) is 13.3 Å². The minimum absolute atomic E-state index is 0.258. The Labute approximate surface area is 94.0 Å². The average molecular weight is 217 g/mol. The van der Waals surface area contributed by atoms with Crippen LogP contribution in [0.2, 0.25) is 0 Å². The minimum atomic E-state index is 0.258. The Kier molecular flexibility index (Phi) is 2.29. The summed E-state index contributed by atoms with van der Waals surface area (Å²) in [5, 5.41) is 3.39. The van der Waals surface area contributed by atoms with Crippen molar-refractivity contribution in [3.63, 3.8) is 0 Å². The van der Waals surface area contributed by atoms with Gasteiger partial charge in [0.15, 0.2) is 0 Å². The molecule has 2 N–H and O–H groups in total. The number of H-pyrrole nitrogens is 1. The predicted octanol–water partition coefficient (Wildman–Crippen LogP) is 2.15. The number of ether oxygens (including phenoxy) is 1. The fourth-order valence-electron chi connectivity index (χ4n) is 2.12. The van der Waals surface area contributed by atoms with Crippen molar-refractivity contribution in [3.05, 3.63) is 24.3 Å². The zero-order valence-corrected chi connectivity index (χ0v) is 9.23. The zero-order chi connectivity index (χ0) is 11.0. The second-order valence-electron chi connectivity index (χ2n) is 4.22. The van der Waals surface area contributed by atoms with Crippen LogP contribution in [0.3, 0.4) is 0 Å². The largest absolute Gasteiger partial charge is 0.376 e. The van der Waals surface area contributed by atoms with Gasteiger partial charge in [-0.1, -0.05) is 12.1 Å². The molecule has 3 rings (SSSR count). The van der Waals surface area contributed by atoms with E-state index < -0.39 is 0 Å². The molecular weight excluding hydrogens is 202 g/mol. The summed E-state index contributed by atoms with van der Waals surface area (Å²) in [5.41, 5.74) is 2.06. The molecule has 0 bridgehead atoms. The Morgan fingerprint density at radius 1 is 1.44 bits per heavy atom. The second kappa shape index (κ2) is 3.79. The standard InChI is InChI=1S/C12H15N3O/c1-8-9(6-7-16-8)13-12-14-10-4-2-3-5-11(10)15-12/h2-5,8-9H,6-7H2,1H3,(H2,13,14,15). The molecule has 2 aromatic rings. The maximum atomic E-state index is 5.51. The molecule has 1 aliphatic heterocycles. The van der Waals surface area contributed by atoms with Gasteiger partial charge in [-0.25, -0.2) is 4.98 Å². The lowest BCUT2D eigenvalue weighted by Crippen LogP contribution is -2.27. The molecule has 2 atom stereocenters. The lowest BCUT2D eigenvalue weighted by molar-refractivity contribution is 0.121. The van der Waals surface area contributed by atoms with Gasteiger partial charge in [-0.05, 0) is 25.5 Å². The molecule has 0 amide bonds. The number of fused-ring (bicyclic) bond motifs is 1. The molecule has 1 aromatic carbocycles. The first-order valence-electron chi connectivity index (χ1n) is 5.66. The van der Waals surface area contributed by atoms with E-state index in [1.165, 1.54) is 0 Å². The zero-order valence-electron chi connectivity index (χ0n) is 9.23. The monoisotopic (exact) mass is 217 g/mol. The molecule has 1 saturated heterocycles. The lowest BCUT2D eigenvalue weighted by atomic mass is 10.2. The van der Waals surface area contributed by atoms with Crippen LogP contribution in [-0.2, 0) is 4.74 Å². The first kappa shape index (κ1) is 9.66. The van der Waals surface area contributed by atoms with E-state index in [0.29, 0.717) is 6.04 Å². The fourth-order valence-corrected chi connectivity index (χ4v) is 2.12. The normalized spacial score (nSPS) is 25.1. The average Bonchev–Trinajstić information content (AvgIpc) is 2.85. The maximum absolute atomic E-state index is 5.51. The first-order valence-corrected chi connectivity index (χ1v) is 5.66. The van der Waals surface area contributed by atoms with Crippen molar-refractivity contribution in [3.8, 4) is 0 Å². The molecule has 2 unspecified atom stereocenters. The summed E-state index contributed by atoms with van der Waals surface area (Å²) >= 11 is 0. The number of imidazole rings is 1. The minimum Gasteiger partial charge on any atom is -0.376 e. The number of para-hydroxylation sites is 2. The summed E-state index contributed by atoms with van der Waals surface area (Å²) < 4.78 is 5.51. The van der Waals surface area contributed by atoms with Crippen LogP contribution in [-0.4, -0.2) is 28.7 Å². The van der Waals surface area contributed by atoms with Crippen LogP contribution >= 0.6 is 0 Å². The highest BCUT2D eigenvalue weighted by Crippen LogP contribution is 2.19. The van der Waals surface area contributed by atoms with Gasteiger partial charge in [0.2, 0.25) is 5.95 Å². The Bertz CT molecular complexity index is 461. The van der Waals surface area contributed by atoms with Gasteiger partial charge >= 0.3 is 0 Å². The number of nitrogens with zero attached hydrogens (tertiary/aromatic N) is 1. The van der Waals surface area contributed by atoms with Gasteiger partial charge in [-0.3, -0.25) is 0 Å². The van der Waals surface area contributed by atoms with Crippen molar-refractivity contribution in [1.29, 1.82) is 0 Å². The van der Waals surface area contributed by atoms with E-state index in [1.54, 1.807) is 0 Å². The molecular formula is C12H15N3O. The molecule has 16 heavy (non-hydrogen) atoms. The van der Waals surface area contributed by atoms with E-state index >= 15 is 0 Å². The van der Waals surface area contributed by atoms with E-state index in [1.807, 2.05) is 24.3 Å². The van der Waals surface area contributed by atoms with Gasteiger partial charge in [0.1, 0.15) is 0 Å². The van der Waals surface area contributed by atoms with Crippen LogP contribution in [0, 0.1) is 0 Å². The summed E-state index contributed by atoms with van der Waals surface area (Å²) in [6.07, 6.45) is 1.30. The molecule has 1 aliphatic rings. The summed E-state index contributed by atoms with van der Waals surface area (Å²) in [6, 6.07) is 8.40. The molecule has 0 radical (unpaired) electrons. The van der Waals surface area contributed by atoms with Gasteiger partial charge in [-0.2, -0.15) is 0 Å². The van der Waals surface area contributed by atoms with Crippen molar-refractivity contribution in [2.45, 2.75) is 25.5 Å². The highest BCUT2D eigenvalue weighted by Gasteiger charge is 2.24. The topological polar surface area (TPSA) is 49.9 Å². The number of aromatic amines is 1. The number of benzene rings is 1. The van der Waals surface area contributed by atoms with Crippen LogP contribution in [0.15, 0.2) is 24.3 Å². The molecule has 0 saturated carbocycles. The number of hydrogen-bond acceptors (Lipinski definition) is 3. The molecule has 4 nitrogen and oxygen atoms in total. The molecule has 1 aromatic heterocycles. The Morgan fingerprint density at radius 3 is 3.06 bits per heavy atom. The van der Waals surface area contributed by atoms with E-state index in [2.05, 4.69) is 22.2 Å². The Balaban J connectivity index is 1.83. The lowest BCUT2D eigenvalue weighted by Gasteiger charge is -2.14. The van der Waals surface area contributed by atoms with Crippen molar-refractivity contribution in [1.82, 2.24) is 9.97 Å². The third-order valence-corrected chi connectivity index (χ3v) is 3.09. The summed E-state index contributed by atoms with van der Waals surface area (Å²) in [7, 11) is 0. The number of anilines is 1. The second-order valence-corrected chi connectivity index (χ2v) is 4.22. The van der Waals surface area contributed by atoms with Crippen LogP contribution in [0.4, 0.5) is 5.95 Å². The van der Waals surface area contributed by atoms with Gasteiger partial charge < -0.3 is 15.0 Å². The Hall–Kier alpha value is -1.55. The smallest absolute Gasteiger partial charge is 0.201 e. The van der Waals surface area contributed by atoms with E-state index in [4.69, 9.17) is 4.74 Å². The molecule has 1 fully saturated rings. The van der Waals surface area contributed by atoms with Gasteiger partial charge in [0, 0.05) is 6.61 Å².